The Morgan fingerprint density at radius 2 is 2.00 bits per heavy atom. The van der Waals surface area contributed by atoms with E-state index in [1.165, 1.54) is 12.1 Å². The van der Waals surface area contributed by atoms with E-state index in [4.69, 9.17) is 5.73 Å². The number of nitrogens with zero attached hydrogens (tertiary/aromatic N) is 1. The molecular formula is C13H19F2N3. The van der Waals surface area contributed by atoms with Crippen LogP contribution in [0.3, 0.4) is 0 Å². The minimum absolute atomic E-state index is 0.375. The van der Waals surface area contributed by atoms with Gasteiger partial charge in [-0.15, -0.1) is 0 Å². The molecule has 0 saturated carbocycles. The number of halogens is 2. The molecule has 0 radical (unpaired) electrons. The maximum absolute atomic E-state index is 13.5. The van der Waals surface area contributed by atoms with Gasteiger partial charge in [-0.2, -0.15) is 0 Å². The summed E-state index contributed by atoms with van der Waals surface area (Å²) in [6.07, 6.45) is 0.683. The van der Waals surface area contributed by atoms with Gasteiger partial charge in [0.25, 0.3) is 0 Å². The molecule has 0 amide bonds. The van der Waals surface area contributed by atoms with Gasteiger partial charge in [0.05, 0.1) is 0 Å². The molecule has 3 N–H and O–H groups in total. The monoisotopic (exact) mass is 255 g/mol. The Balaban J connectivity index is 1.88. The Bertz CT molecular complexity index is 392. The van der Waals surface area contributed by atoms with Crippen molar-refractivity contribution < 1.29 is 8.78 Å². The number of hydrogen-bond acceptors (Lipinski definition) is 3. The van der Waals surface area contributed by atoms with Gasteiger partial charge < -0.3 is 16.0 Å². The molecule has 1 atom stereocenters. The Labute approximate surface area is 106 Å². The zero-order chi connectivity index (χ0) is 13.0. The molecule has 1 aliphatic rings. The van der Waals surface area contributed by atoms with Crippen LogP contribution in [-0.2, 0) is 0 Å². The molecule has 0 spiro atoms. The van der Waals surface area contributed by atoms with E-state index in [0.717, 1.165) is 38.8 Å². The van der Waals surface area contributed by atoms with E-state index < -0.39 is 11.6 Å². The number of piperazine rings is 1. The highest BCUT2D eigenvalue weighted by Gasteiger charge is 2.15. The molecule has 1 saturated heterocycles. The molecular weight excluding hydrogens is 236 g/mol. The average molecular weight is 255 g/mol. The van der Waals surface area contributed by atoms with E-state index >= 15 is 0 Å². The van der Waals surface area contributed by atoms with Gasteiger partial charge in [-0.3, -0.25) is 0 Å². The van der Waals surface area contributed by atoms with Crippen LogP contribution in [0, 0.1) is 11.6 Å². The fourth-order valence-electron chi connectivity index (χ4n) is 2.21. The third-order valence-electron chi connectivity index (χ3n) is 3.33. The lowest BCUT2D eigenvalue weighted by Crippen LogP contribution is -2.44. The van der Waals surface area contributed by atoms with Crippen LogP contribution in [0.4, 0.5) is 8.78 Å². The summed E-state index contributed by atoms with van der Waals surface area (Å²) in [4.78, 5) is 2.30. The van der Waals surface area contributed by atoms with Crippen molar-refractivity contribution in [3.63, 3.8) is 0 Å². The van der Waals surface area contributed by atoms with Crippen LogP contribution in [0.2, 0.25) is 0 Å². The Morgan fingerprint density at radius 3 is 2.67 bits per heavy atom. The summed E-state index contributed by atoms with van der Waals surface area (Å²) in [5, 5.41) is 3.27. The zero-order valence-electron chi connectivity index (χ0n) is 10.3. The van der Waals surface area contributed by atoms with Crippen molar-refractivity contribution in [2.45, 2.75) is 12.5 Å². The highest BCUT2D eigenvalue weighted by Crippen LogP contribution is 2.19. The van der Waals surface area contributed by atoms with E-state index in [1.807, 2.05) is 0 Å². The van der Waals surface area contributed by atoms with Crippen molar-refractivity contribution in [1.82, 2.24) is 10.2 Å². The zero-order valence-corrected chi connectivity index (χ0v) is 10.3. The van der Waals surface area contributed by atoms with Gasteiger partial charge in [0.15, 0.2) is 0 Å². The first-order chi connectivity index (χ1) is 8.66. The Morgan fingerprint density at radius 1 is 1.28 bits per heavy atom. The smallest absolute Gasteiger partial charge is 0.130 e. The van der Waals surface area contributed by atoms with Gasteiger partial charge in [-0.25, -0.2) is 8.78 Å². The lowest BCUT2D eigenvalue weighted by molar-refractivity contribution is 0.232. The van der Waals surface area contributed by atoms with Crippen molar-refractivity contribution in [2.75, 3.05) is 32.7 Å². The third-order valence-corrected chi connectivity index (χ3v) is 3.33. The lowest BCUT2D eigenvalue weighted by Gasteiger charge is -2.28. The van der Waals surface area contributed by atoms with Crippen molar-refractivity contribution in [3.05, 3.63) is 35.4 Å². The largest absolute Gasteiger partial charge is 0.324 e. The van der Waals surface area contributed by atoms with Crippen LogP contribution in [0.25, 0.3) is 0 Å². The fraction of sp³-hybridized carbons (Fsp3) is 0.538. The van der Waals surface area contributed by atoms with E-state index in [2.05, 4.69) is 10.2 Å². The maximum Gasteiger partial charge on any atom is 0.130 e. The second-order valence-electron chi connectivity index (χ2n) is 4.65. The number of nitrogens with one attached hydrogen (secondary N) is 1. The van der Waals surface area contributed by atoms with E-state index in [0.29, 0.717) is 12.0 Å². The van der Waals surface area contributed by atoms with Gasteiger partial charge >= 0.3 is 0 Å². The molecule has 18 heavy (non-hydrogen) atoms. The van der Waals surface area contributed by atoms with Crippen LogP contribution in [0.5, 0.6) is 0 Å². The summed E-state index contributed by atoms with van der Waals surface area (Å²) in [5.74, 6) is -1.12. The molecule has 0 aliphatic carbocycles. The van der Waals surface area contributed by atoms with Gasteiger partial charge in [-0.1, -0.05) is 6.07 Å². The van der Waals surface area contributed by atoms with Crippen LogP contribution in [0.15, 0.2) is 18.2 Å². The summed E-state index contributed by atoms with van der Waals surface area (Å²) in [6, 6.07) is 3.21. The molecule has 2 rings (SSSR count). The lowest BCUT2D eigenvalue weighted by atomic mass is 10.0. The topological polar surface area (TPSA) is 41.3 Å². The first kappa shape index (κ1) is 13.4. The third kappa shape index (κ3) is 3.48. The summed E-state index contributed by atoms with van der Waals surface area (Å²) in [7, 11) is 0. The number of benzene rings is 1. The number of nitrogens with two attached hydrogens (primary N) is 1. The number of hydrogen-bond donors (Lipinski definition) is 2. The van der Waals surface area contributed by atoms with E-state index in [1.54, 1.807) is 0 Å². The second-order valence-corrected chi connectivity index (χ2v) is 4.65. The van der Waals surface area contributed by atoms with Gasteiger partial charge in [0, 0.05) is 50.4 Å². The van der Waals surface area contributed by atoms with Crippen molar-refractivity contribution in [1.29, 1.82) is 0 Å². The molecule has 3 nitrogen and oxygen atoms in total. The van der Waals surface area contributed by atoms with Crippen LogP contribution in [-0.4, -0.2) is 37.6 Å². The molecule has 1 fully saturated rings. The van der Waals surface area contributed by atoms with Gasteiger partial charge in [0.1, 0.15) is 11.6 Å². The minimum Gasteiger partial charge on any atom is -0.324 e. The molecule has 100 valence electrons. The summed E-state index contributed by atoms with van der Waals surface area (Å²) < 4.78 is 26.3. The first-order valence-corrected chi connectivity index (χ1v) is 6.30. The molecule has 1 aromatic rings. The highest BCUT2D eigenvalue weighted by molar-refractivity contribution is 5.21. The normalized spacial score (nSPS) is 18.8. The highest BCUT2D eigenvalue weighted by atomic mass is 19.1. The SMILES string of the molecule is NC(CCN1CCNCC1)c1ccc(F)cc1F. The van der Waals surface area contributed by atoms with E-state index in [9.17, 15) is 8.78 Å². The second kappa shape index (κ2) is 6.22. The fourth-order valence-corrected chi connectivity index (χ4v) is 2.21. The van der Waals surface area contributed by atoms with Gasteiger partial charge in [-0.05, 0) is 12.5 Å². The first-order valence-electron chi connectivity index (χ1n) is 6.30. The predicted octanol–water partition coefficient (Wildman–Crippen LogP) is 1.26. The van der Waals surface area contributed by atoms with Gasteiger partial charge in [0.2, 0.25) is 0 Å². The van der Waals surface area contributed by atoms with Crippen LogP contribution < -0.4 is 11.1 Å². The van der Waals surface area contributed by atoms with Crippen molar-refractivity contribution in [3.8, 4) is 0 Å². The molecule has 1 aliphatic heterocycles. The average Bonchev–Trinajstić information content (AvgIpc) is 2.37. The Hall–Kier alpha value is -1.04. The van der Waals surface area contributed by atoms with Crippen molar-refractivity contribution >= 4 is 0 Å². The molecule has 1 heterocycles. The molecule has 0 aromatic heterocycles. The summed E-state index contributed by atoms with van der Waals surface area (Å²) >= 11 is 0. The molecule has 0 bridgehead atoms. The molecule has 5 heteroatoms. The maximum atomic E-state index is 13.5. The standard InChI is InChI=1S/C13H19F2N3/c14-10-1-2-11(12(15)9-10)13(16)3-6-18-7-4-17-5-8-18/h1-2,9,13,17H,3-8,16H2. The quantitative estimate of drug-likeness (QED) is 0.851. The number of rotatable bonds is 4. The Kier molecular flexibility index (Phi) is 4.63. The van der Waals surface area contributed by atoms with E-state index in [-0.39, 0.29) is 6.04 Å². The minimum atomic E-state index is -0.564. The van der Waals surface area contributed by atoms with Crippen molar-refractivity contribution in [2.24, 2.45) is 5.73 Å². The predicted molar refractivity (Wildman–Crippen MR) is 67.2 cm³/mol. The van der Waals surface area contributed by atoms with Crippen LogP contribution in [0.1, 0.15) is 18.0 Å². The molecule has 1 aromatic carbocycles. The molecule has 1 unspecified atom stereocenters. The summed E-state index contributed by atoms with van der Waals surface area (Å²) in [6.45, 7) is 4.82. The summed E-state index contributed by atoms with van der Waals surface area (Å²) in [5.41, 5.74) is 6.35. The van der Waals surface area contributed by atoms with Crippen LogP contribution >= 0.6 is 0 Å².